The zero-order chi connectivity index (χ0) is 23.7. The fourth-order valence-corrected chi connectivity index (χ4v) is 7.90. The average Bonchev–Trinajstić information content (AvgIpc) is 2.87. The first kappa shape index (κ1) is 24.2. The summed E-state index contributed by atoms with van der Waals surface area (Å²) in [5.74, 6) is 1.63. The molecular weight excluding hydrogens is 429 g/mol. The van der Waals surface area contributed by atoms with Gasteiger partial charge in [0.2, 0.25) is 0 Å². The summed E-state index contributed by atoms with van der Waals surface area (Å²) in [5.41, 5.74) is 1.15. The minimum Gasteiger partial charge on any atom is -0.204 e. The van der Waals surface area contributed by atoms with E-state index in [4.69, 9.17) is 0 Å². The Balaban J connectivity index is 1.15. The van der Waals surface area contributed by atoms with Crippen LogP contribution in [0.3, 0.4) is 0 Å². The third-order valence-corrected chi connectivity index (χ3v) is 9.88. The number of unbranched alkanes of at least 4 members (excludes halogenated alkanes) is 2. The van der Waals surface area contributed by atoms with E-state index in [1.165, 1.54) is 77.0 Å². The van der Waals surface area contributed by atoms with Crippen molar-refractivity contribution in [2.24, 2.45) is 29.6 Å². The molecule has 4 unspecified atom stereocenters. The molecule has 3 aliphatic rings. The molecule has 3 heteroatoms. The molecule has 0 heterocycles. The lowest BCUT2D eigenvalue weighted by Gasteiger charge is -2.45. The standard InChI is InChI=1S/C31H41F3/c1-2-3-4-5-20-6-7-26-17-24(13-12-23(26)16-20)21-8-10-22(11-9-21)25-14-15-28-27(18-25)19-29(32)31(34)30(28)33/h14-15,18-24,26H,2-13,16-17H2,1H3. The second kappa shape index (κ2) is 10.6. The number of fused-ring (bicyclic) bond motifs is 2. The molecule has 0 aliphatic heterocycles. The molecule has 4 atom stereocenters. The topological polar surface area (TPSA) is 0 Å². The molecular formula is C31H41F3. The molecule has 0 aromatic heterocycles. The van der Waals surface area contributed by atoms with Gasteiger partial charge < -0.3 is 0 Å². The van der Waals surface area contributed by atoms with Gasteiger partial charge in [0.05, 0.1) is 0 Å². The minimum absolute atomic E-state index is 0.174. The van der Waals surface area contributed by atoms with Crippen LogP contribution in [0.25, 0.3) is 10.8 Å². The Hall–Kier alpha value is -1.51. The number of hydrogen-bond donors (Lipinski definition) is 0. The monoisotopic (exact) mass is 470 g/mol. The van der Waals surface area contributed by atoms with Gasteiger partial charge in [0.1, 0.15) is 0 Å². The van der Waals surface area contributed by atoms with Crippen molar-refractivity contribution >= 4 is 10.8 Å². The predicted molar refractivity (Wildman–Crippen MR) is 134 cm³/mol. The van der Waals surface area contributed by atoms with Crippen molar-refractivity contribution in [2.75, 3.05) is 0 Å². The van der Waals surface area contributed by atoms with Crippen molar-refractivity contribution < 1.29 is 13.2 Å². The summed E-state index contributed by atoms with van der Waals surface area (Å²) in [5, 5.41) is 0.646. The Morgan fingerprint density at radius 2 is 1.38 bits per heavy atom. The third-order valence-electron chi connectivity index (χ3n) is 9.88. The first-order valence-corrected chi connectivity index (χ1v) is 14.1. The van der Waals surface area contributed by atoms with E-state index in [1.54, 1.807) is 6.07 Å². The molecule has 5 rings (SSSR count). The van der Waals surface area contributed by atoms with Crippen LogP contribution >= 0.6 is 0 Å². The zero-order valence-electron chi connectivity index (χ0n) is 20.8. The van der Waals surface area contributed by atoms with Gasteiger partial charge in [-0.1, -0.05) is 57.2 Å². The van der Waals surface area contributed by atoms with Crippen LogP contribution in [0.1, 0.15) is 108 Å². The van der Waals surface area contributed by atoms with E-state index >= 15 is 0 Å². The summed E-state index contributed by atoms with van der Waals surface area (Å²) < 4.78 is 41.4. The first-order chi connectivity index (χ1) is 16.5. The Bertz CT molecular complexity index is 974. The van der Waals surface area contributed by atoms with Crippen LogP contribution in [0.4, 0.5) is 13.2 Å². The predicted octanol–water partition coefficient (Wildman–Crippen LogP) is 9.94. The molecule has 0 nitrogen and oxygen atoms in total. The number of benzene rings is 2. The fourth-order valence-electron chi connectivity index (χ4n) is 7.90. The molecule has 3 aliphatic carbocycles. The summed E-state index contributed by atoms with van der Waals surface area (Å²) >= 11 is 0. The van der Waals surface area contributed by atoms with E-state index in [0.29, 0.717) is 11.3 Å². The first-order valence-electron chi connectivity index (χ1n) is 14.1. The van der Waals surface area contributed by atoms with Gasteiger partial charge in [0, 0.05) is 5.39 Å². The zero-order valence-corrected chi connectivity index (χ0v) is 20.8. The van der Waals surface area contributed by atoms with Gasteiger partial charge in [-0.25, -0.2) is 13.2 Å². The highest BCUT2D eigenvalue weighted by Gasteiger charge is 2.38. The SMILES string of the molecule is CCCCCC1CCC2CC(C3CCC(c4ccc5c(F)c(F)c(F)cc5c4)CC3)CCC2C1. The average molecular weight is 471 g/mol. The van der Waals surface area contributed by atoms with Crippen molar-refractivity contribution in [2.45, 2.75) is 103 Å². The molecule has 0 N–H and O–H groups in total. The van der Waals surface area contributed by atoms with Crippen molar-refractivity contribution in [3.63, 3.8) is 0 Å². The van der Waals surface area contributed by atoms with E-state index in [1.807, 2.05) is 12.1 Å². The number of rotatable bonds is 6. The van der Waals surface area contributed by atoms with Gasteiger partial charge in [-0.3, -0.25) is 0 Å². The van der Waals surface area contributed by atoms with E-state index in [-0.39, 0.29) is 5.39 Å². The maximum absolute atomic E-state index is 14.1. The third kappa shape index (κ3) is 5.05. The van der Waals surface area contributed by atoms with E-state index in [0.717, 1.165) is 54.1 Å². The van der Waals surface area contributed by atoms with Gasteiger partial charge in [0.15, 0.2) is 17.5 Å². The number of halogens is 3. The highest BCUT2D eigenvalue weighted by molar-refractivity contribution is 5.84. The van der Waals surface area contributed by atoms with Gasteiger partial charge in [-0.2, -0.15) is 0 Å². The highest BCUT2D eigenvalue weighted by Crippen LogP contribution is 2.50. The summed E-state index contributed by atoms with van der Waals surface area (Å²) in [6, 6.07) is 6.59. The molecule has 2 aromatic rings. The fraction of sp³-hybridized carbons (Fsp3) is 0.677. The van der Waals surface area contributed by atoms with Crippen LogP contribution in [0, 0.1) is 47.0 Å². The summed E-state index contributed by atoms with van der Waals surface area (Å²) in [7, 11) is 0. The van der Waals surface area contributed by atoms with Crippen molar-refractivity contribution in [3.05, 3.63) is 47.3 Å². The van der Waals surface area contributed by atoms with Crippen molar-refractivity contribution in [1.82, 2.24) is 0 Å². The van der Waals surface area contributed by atoms with E-state index < -0.39 is 17.5 Å². The smallest absolute Gasteiger partial charge is 0.195 e. The molecule has 3 saturated carbocycles. The van der Waals surface area contributed by atoms with Crippen LogP contribution in [0.5, 0.6) is 0 Å². The normalized spacial score (nSPS) is 32.0. The van der Waals surface area contributed by atoms with Crippen LogP contribution in [0.15, 0.2) is 24.3 Å². The molecule has 34 heavy (non-hydrogen) atoms. The number of hydrogen-bond acceptors (Lipinski definition) is 0. The molecule has 0 amide bonds. The van der Waals surface area contributed by atoms with Gasteiger partial charge >= 0.3 is 0 Å². The molecule has 3 fully saturated rings. The molecule has 0 spiro atoms. The van der Waals surface area contributed by atoms with Crippen LogP contribution in [-0.4, -0.2) is 0 Å². The lowest BCUT2D eigenvalue weighted by molar-refractivity contribution is 0.0614. The van der Waals surface area contributed by atoms with E-state index in [9.17, 15) is 13.2 Å². The van der Waals surface area contributed by atoms with Crippen LogP contribution < -0.4 is 0 Å². The lowest BCUT2D eigenvalue weighted by Crippen LogP contribution is -2.34. The van der Waals surface area contributed by atoms with Crippen molar-refractivity contribution in [1.29, 1.82) is 0 Å². The van der Waals surface area contributed by atoms with Crippen LogP contribution in [0.2, 0.25) is 0 Å². The largest absolute Gasteiger partial charge is 0.204 e. The summed E-state index contributed by atoms with van der Waals surface area (Å²) in [6.07, 6.45) is 19.3. The highest BCUT2D eigenvalue weighted by atomic mass is 19.2. The van der Waals surface area contributed by atoms with Gasteiger partial charge in [0.25, 0.3) is 0 Å². The van der Waals surface area contributed by atoms with Crippen molar-refractivity contribution in [3.8, 4) is 0 Å². The Kier molecular flexibility index (Phi) is 7.56. The summed E-state index contributed by atoms with van der Waals surface area (Å²) in [6.45, 7) is 2.30. The molecule has 0 radical (unpaired) electrons. The molecule has 2 aromatic carbocycles. The summed E-state index contributed by atoms with van der Waals surface area (Å²) in [4.78, 5) is 0. The Morgan fingerprint density at radius 3 is 2.15 bits per heavy atom. The Labute approximate surface area is 203 Å². The quantitative estimate of drug-likeness (QED) is 0.291. The molecule has 0 bridgehead atoms. The molecule has 0 saturated heterocycles. The molecule has 186 valence electrons. The second-order valence-corrected chi connectivity index (χ2v) is 11.8. The van der Waals surface area contributed by atoms with E-state index in [2.05, 4.69) is 6.92 Å². The maximum atomic E-state index is 14.1. The second-order valence-electron chi connectivity index (χ2n) is 11.8. The lowest BCUT2D eigenvalue weighted by atomic mass is 9.60. The minimum atomic E-state index is -1.37. The Morgan fingerprint density at radius 1 is 0.706 bits per heavy atom. The van der Waals surface area contributed by atoms with Gasteiger partial charge in [-0.05, 0) is 110 Å². The maximum Gasteiger partial charge on any atom is 0.195 e. The van der Waals surface area contributed by atoms with Crippen LogP contribution in [-0.2, 0) is 0 Å². The van der Waals surface area contributed by atoms with Gasteiger partial charge in [-0.15, -0.1) is 0 Å².